The second kappa shape index (κ2) is 5.34. The van der Waals surface area contributed by atoms with Gasteiger partial charge >= 0.3 is 0 Å². The van der Waals surface area contributed by atoms with Crippen LogP contribution in [0, 0.1) is 0 Å². The zero-order valence-corrected chi connectivity index (χ0v) is 9.89. The van der Waals surface area contributed by atoms with Gasteiger partial charge in [-0.2, -0.15) is 0 Å². The van der Waals surface area contributed by atoms with E-state index in [2.05, 4.69) is 11.1 Å². The van der Waals surface area contributed by atoms with Crippen LogP contribution < -0.4 is 10.5 Å². The van der Waals surface area contributed by atoms with Crippen LogP contribution in [0.2, 0.25) is 0 Å². The molecule has 0 spiro atoms. The van der Waals surface area contributed by atoms with Crippen LogP contribution in [0.25, 0.3) is 5.57 Å². The van der Waals surface area contributed by atoms with Crippen molar-refractivity contribution in [2.45, 2.75) is 13.3 Å². The highest BCUT2D eigenvalue weighted by Gasteiger charge is 2.03. The molecule has 0 saturated heterocycles. The first-order chi connectivity index (χ1) is 8.29. The molecule has 17 heavy (non-hydrogen) atoms. The van der Waals surface area contributed by atoms with E-state index in [0.717, 1.165) is 17.7 Å². The van der Waals surface area contributed by atoms with Crippen molar-refractivity contribution < 1.29 is 4.74 Å². The Bertz CT molecular complexity index is 484. The molecule has 0 aliphatic carbocycles. The average Bonchev–Trinajstić information content (AvgIpc) is 2.55. The maximum atomic E-state index is 5.66. The highest BCUT2D eigenvalue weighted by atomic mass is 16.5. The summed E-state index contributed by atoms with van der Waals surface area (Å²) in [4.78, 5) is 4.06. The Hall–Kier alpha value is -2.03. The highest BCUT2D eigenvalue weighted by Crippen LogP contribution is 2.24. The number of hydrogen-bond donors (Lipinski definition) is 1. The summed E-state index contributed by atoms with van der Waals surface area (Å²) in [6.45, 7) is 2.66. The largest absolute Gasteiger partial charge is 0.494 e. The maximum absolute atomic E-state index is 5.66. The minimum atomic E-state index is 0.567. The molecule has 0 saturated carbocycles. The van der Waals surface area contributed by atoms with E-state index in [1.165, 1.54) is 5.57 Å². The summed E-state index contributed by atoms with van der Waals surface area (Å²) in [5.74, 6) is 1.46. The topological polar surface area (TPSA) is 47.6 Å². The van der Waals surface area contributed by atoms with Crippen LogP contribution in [0.4, 0.5) is 0 Å². The number of aliphatic imine (C=N–C) groups is 1. The zero-order chi connectivity index (χ0) is 12.1. The van der Waals surface area contributed by atoms with Gasteiger partial charge in [-0.25, -0.2) is 4.99 Å². The van der Waals surface area contributed by atoms with Crippen LogP contribution >= 0.6 is 0 Å². The molecule has 2 N–H and O–H groups in total. The summed E-state index contributed by atoms with van der Waals surface area (Å²) in [6, 6.07) is 8.06. The van der Waals surface area contributed by atoms with E-state index in [-0.39, 0.29) is 0 Å². The highest BCUT2D eigenvalue weighted by molar-refractivity contribution is 5.86. The smallest absolute Gasteiger partial charge is 0.119 e. The van der Waals surface area contributed by atoms with E-state index >= 15 is 0 Å². The fraction of sp³-hybridized carbons (Fsp3) is 0.214. The number of rotatable bonds is 3. The molecule has 0 aromatic heterocycles. The van der Waals surface area contributed by atoms with Crippen LogP contribution in [0.15, 0.2) is 47.2 Å². The normalized spacial score (nSPS) is 14.9. The SMILES string of the molecule is CCOc1cccc(C2=CC=NC(N)=CC2)c1. The van der Waals surface area contributed by atoms with Crippen molar-refractivity contribution in [3.8, 4) is 5.75 Å². The van der Waals surface area contributed by atoms with Gasteiger partial charge in [0.05, 0.1) is 6.61 Å². The molecule has 3 heteroatoms. The molecule has 88 valence electrons. The lowest BCUT2D eigenvalue weighted by atomic mass is 10.0. The Kier molecular flexibility index (Phi) is 3.60. The van der Waals surface area contributed by atoms with Gasteiger partial charge in [-0.15, -0.1) is 0 Å². The van der Waals surface area contributed by atoms with E-state index in [9.17, 15) is 0 Å². The fourth-order valence-corrected chi connectivity index (χ4v) is 1.71. The van der Waals surface area contributed by atoms with E-state index < -0.39 is 0 Å². The molecule has 2 rings (SSSR count). The van der Waals surface area contributed by atoms with E-state index in [1.807, 2.05) is 37.3 Å². The monoisotopic (exact) mass is 228 g/mol. The van der Waals surface area contributed by atoms with Gasteiger partial charge in [0.1, 0.15) is 11.6 Å². The first kappa shape index (κ1) is 11.5. The van der Waals surface area contributed by atoms with Crippen molar-refractivity contribution in [2.24, 2.45) is 10.7 Å². The minimum absolute atomic E-state index is 0.567. The van der Waals surface area contributed by atoms with Crippen LogP contribution in [0.3, 0.4) is 0 Å². The Morgan fingerprint density at radius 1 is 1.41 bits per heavy atom. The van der Waals surface area contributed by atoms with Gasteiger partial charge in [0.2, 0.25) is 0 Å². The van der Waals surface area contributed by atoms with Gasteiger partial charge in [-0.3, -0.25) is 0 Å². The maximum Gasteiger partial charge on any atom is 0.119 e. The van der Waals surface area contributed by atoms with Gasteiger partial charge in [0, 0.05) is 6.21 Å². The first-order valence-corrected chi connectivity index (χ1v) is 5.71. The summed E-state index contributed by atoms with van der Waals surface area (Å²) in [6.07, 6.45) is 6.44. The molecule has 0 radical (unpaired) electrons. The minimum Gasteiger partial charge on any atom is -0.494 e. The van der Waals surface area contributed by atoms with Crippen molar-refractivity contribution in [2.75, 3.05) is 6.61 Å². The summed E-state index contributed by atoms with van der Waals surface area (Å²) in [5.41, 5.74) is 7.99. The Morgan fingerprint density at radius 3 is 3.12 bits per heavy atom. The molecule has 1 heterocycles. The lowest BCUT2D eigenvalue weighted by molar-refractivity contribution is 0.340. The van der Waals surface area contributed by atoms with E-state index in [0.29, 0.717) is 12.4 Å². The van der Waals surface area contributed by atoms with Crippen molar-refractivity contribution in [3.63, 3.8) is 0 Å². The molecule has 1 aliphatic rings. The number of nitrogens with two attached hydrogens (primary N) is 1. The molecule has 0 atom stereocenters. The Labute approximate surface area is 101 Å². The van der Waals surface area contributed by atoms with Crippen LogP contribution in [0.1, 0.15) is 18.9 Å². The van der Waals surface area contributed by atoms with E-state index in [1.54, 1.807) is 6.21 Å². The second-order valence-electron chi connectivity index (χ2n) is 3.76. The van der Waals surface area contributed by atoms with Crippen LogP contribution in [-0.4, -0.2) is 12.8 Å². The number of allylic oxidation sites excluding steroid dienone is 3. The zero-order valence-electron chi connectivity index (χ0n) is 9.89. The quantitative estimate of drug-likeness (QED) is 0.864. The molecule has 0 amide bonds. The summed E-state index contributed by atoms with van der Waals surface area (Å²) in [5, 5.41) is 0. The second-order valence-corrected chi connectivity index (χ2v) is 3.76. The number of benzene rings is 1. The molecular weight excluding hydrogens is 212 g/mol. The lowest BCUT2D eigenvalue weighted by Crippen LogP contribution is -1.93. The van der Waals surface area contributed by atoms with Gasteiger partial charge in [0.25, 0.3) is 0 Å². The number of nitrogens with zero attached hydrogens (tertiary/aromatic N) is 1. The van der Waals surface area contributed by atoms with E-state index in [4.69, 9.17) is 10.5 Å². The molecule has 1 aromatic rings. The summed E-state index contributed by atoms with van der Waals surface area (Å²) < 4.78 is 5.49. The van der Waals surface area contributed by atoms with Crippen molar-refractivity contribution in [3.05, 3.63) is 47.8 Å². The third-order valence-corrected chi connectivity index (χ3v) is 2.55. The lowest BCUT2D eigenvalue weighted by Gasteiger charge is -2.07. The van der Waals surface area contributed by atoms with Crippen LogP contribution in [0.5, 0.6) is 5.75 Å². The molecular formula is C14H16N2O. The van der Waals surface area contributed by atoms with Crippen molar-refractivity contribution >= 4 is 11.8 Å². The molecule has 0 fully saturated rings. The van der Waals surface area contributed by atoms with Gasteiger partial charge in [-0.1, -0.05) is 12.1 Å². The Balaban J connectivity index is 2.25. The first-order valence-electron chi connectivity index (χ1n) is 5.71. The summed E-state index contributed by atoms with van der Waals surface area (Å²) >= 11 is 0. The molecule has 3 nitrogen and oxygen atoms in total. The van der Waals surface area contributed by atoms with Crippen molar-refractivity contribution in [1.29, 1.82) is 0 Å². The predicted molar refractivity (Wildman–Crippen MR) is 71.0 cm³/mol. The van der Waals surface area contributed by atoms with Crippen LogP contribution in [-0.2, 0) is 0 Å². The van der Waals surface area contributed by atoms with Crippen molar-refractivity contribution in [1.82, 2.24) is 0 Å². The standard InChI is InChI=1S/C14H16N2O/c1-2-17-13-5-3-4-12(10-13)11-6-7-14(15)16-9-8-11/h3-5,7-10H,2,6,15H2,1H3. The third kappa shape index (κ3) is 2.97. The number of ether oxygens (including phenoxy) is 1. The van der Waals surface area contributed by atoms with Gasteiger partial charge < -0.3 is 10.5 Å². The van der Waals surface area contributed by atoms with Gasteiger partial charge in [-0.05, 0) is 48.8 Å². The summed E-state index contributed by atoms with van der Waals surface area (Å²) in [7, 11) is 0. The number of hydrogen-bond acceptors (Lipinski definition) is 3. The fourth-order valence-electron chi connectivity index (χ4n) is 1.71. The Morgan fingerprint density at radius 2 is 2.29 bits per heavy atom. The molecule has 1 aliphatic heterocycles. The van der Waals surface area contributed by atoms with Gasteiger partial charge in [0.15, 0.2) is 0 Å². The molecule has 1 aromatic carbocycles. The predicted octanol–water partition coefficient (Wildman–Crippen LogP) is 2.74. The molecule has 0 bridgehead atoms. The third-order valence-electron chi connectivity index (χ3n) is 2.55. The molecule has 0 unspecified atom stereocenters. The average molecular weight is 228 g/mol.